The van der Waals surface area contributed by atoms with E-state index in [9.17, 15) is 9.90 Å². The lowest BCUT2D eigenvalue weighted by molar-refractivity contribution is -0.132. The Balaban J connectivity index is 2.58. The van der Waals surface area contributed by atoms with Crippen molar-refractivity contribution in [3.05, 3.63) is 0 Å². The van der Waals surface area contributed by atoms with Crippen molar-refractivity contribution in [1.82, 2.24) is 10.2 Å². The van der Waals surface area contributed by atoms with Gasteiger partial charge in [0.15, 0.2) is 0 Å². The third-order valence-corrected chi connectivity index (χ3v) is 3.44. The molecule has 0 aromatic heterocycles. The molecular formula is C12H24N2O3. The molecule has 3 atom stereocenters. The van der Waals surface area contributed by atoms with Crippen molar-refractivity contribution in [2.24, 2.45) is 5.92 Å². The standard InChI is InChI=1S/C12H24N2O3/c1-3-12(17)10-6-11(13-4-5-15)8-14(7-10)9(2)16/h10-13,15,17H,3-8H2,1-2H3. The van der Waals surface area contributed by atoms with Gasteiger partial charge in [-0.3, -0.25) is 4.79 Å². The number of likely N-dealkylation sites (tertiary alicyclic amines) is 1. The lowest BCUT2D eigenvalue weighted by atomic mass is 9.88. The number of nitrogens with zero attached hydrogens (tertiary/aromatic N) is 1. The summed E-state index contributed by atoms with van der Waals surface area (Å²) in [5.74, 6) is 0.183. The number of piperidine rings is 1. The van der Waals surface area contributed by atoms with Gasteiger partial charge in [0.25, 0.3) is 0 Å². The summed E-state index contributed by atoms with van der Waals surface area (Å²) in [4.78, 5) is 13.2. The summed E-state index contributed by atoms with van der Waals surface area (Å²) in [5, 5.41) is 21.9. The molecule has 1 fully saturated rings. The first-order valence-corrected chi connectivity index (χ1v) is 6.36. The first-order chi connectivity index (χ1) is 8.08. The van der Waals surface area contributed by atoms with E-state index in [-0.39, 0.29) is 30.6 Å². The highest BCUT2D eigenvalue weighted by atomic mass is 16.3. The predicted octanol–water partition coefficient (Wildman–Crippen LogP) is -0.424. The summed E-state index contributed by atoms with van der Waals surface area (Å²) in [6.07, 6.45) is 1.22. The van der Waals surface area contributed by atoms with Crippen LogP contribution in [0.25, 0.3) is 0 Å². The van der Waals surface area contributed by atoms with Gasteiger partial charge in [0, 0.05) is 38.5 Å². The minimum absolute atomic E-state index is 0.0498. The number of amides is 1. The van der Waals surface area contributed by atoms with Crippen LogP contribution < -0.4 is 5.32 Å². The van der Waals surface area contributed by atoms with Gasteiger partial charge in [0.05, 0.1) is 12.7 Å². The molecule has 5 heteroatoms. The van der Waals surface area contributed by atoms with Gasteiger partial charge in [-0.2, -0.15) is 0 Å². The maximum Gasteiger partial charge on any atom is 0.219 e. The van der Waals surface area contributed by atoms with E-state index >= 15 is 0 Å². The van der Waals surface area contributed by atoms with E-state index < -0.39 is 0 Å². The molecule has 1 saturated heterocycles. The number of carbonyl (C=O) groups is 1. The topological polar surface area (TPSA) is 72.8 Å². The van der Waals surface area contributed by atoms with Crippen LogP contribution in [0, 0.1) is 5.92 Å². The van der Waals surface area contributed by atoms with E-state index in [0.717, 1.165) is 6.42 Å². The Morgan fingerprint density at radius 2 is 2.24 bits per heavy atom. The number of hydrogen-bond acceptors (Lipinski definition) is 4. The highest BCUT2D eigenvalue weighted by molar-refractivity contribution is 5.73. The van der Waals surface area contributed by atoms with Gasteiger partial charge in [-0.05, 0) is 12.8 Å². The molecule has 0 bridgehead atoms. The second-order valence-electron chi connectivity index (χ2n) is 4.77. The summed E-state index contributed by atoms with van der Waals surface area (Å²) in [7, 11) is 0. The zero-order chi connectivity index (χ0) is 12.8. The van der Waals surface area contributed by atoms with Gasteiger partial charge in [-0.25, -0.2) is 0 Å². The fraction of sp³-hybridized carbons (Fsp3) is 0.917. The Bertz CT molecular complexity index is 248. The second kappa shape index (κ2) is 6.93. The number of carbonyl (C=O) groups excluding carboxylic acids is 1. The summed E-state index contributed by atoms with van der Waals surface area (Å²) in [6, 6.07) is 0.172. The summed E-state index contributed by atoms with van der Waals surface area (Å²) in [6.45, 7) is 5.45. The average molecular weight is 244 g/mol. The molecule has 3 unspecified atom stereocenters. The molecular weight excluding hydrogens is 220 g/mol. The first-order valence-electron chi connectivity index (χ1n) is 6.36. The molecule has 17 heavy (non-hydrogen) atoms. The lowest BCUT2D eigenvalue weighted by Crippen LogP contribution is -2.53. The van der Waals surface area contributed by atoms with Gasteiger partial charge in [0.2, 0.25) is 5.91 Å². The molecule has 0 saturated carbocycles. The van der Waals surface area contributed by atoms with Gasteiger partial charge >= 0.3 is 0 Å². The maximum absolute atomic E-state index is 11.4. The molecule has 0 radical (unpaired) electrons. The van der Waals surface area contributed by atoms with Gasteiger partial charge in [0.1, 0.15) is 0 Å². The second-order valence-corrected chi connectivity index (χ2v) is 4.77. The minimum atomic E-state index is -0.351. The smallest absolute Gasteiger partial charge is 0.219 e. The van der Waals surface area contributed by atoms with E-state index in [0.29, 0.717) is 26.1 Å². The number of aliphatic hydroxyl groups is 2. The minimum Gasteiger partial charge on any atom is -0.395 e. The lowest BCUT2D eigenvalue weighted by Gasteiger charge is -2.39. The van der Waals surface area contributed by atoms with Crippen molar-refractivity contribution in [1.29, 1.82) is 0 Å². The zero-order valence-corrected chi connectivity index (χ0v) is 10.7. The van der Waals surface area contributed by atoms with Gasteiger partial charge < -0.3 is 20.4 Å². The van der Waals surface area contributed by atoms with Crippen molar-refractivity contribution in [2.75, 3.05) is 26.2 Å². The Hall–Kier alpha value is -0.650. The van der Waals surface area contributed by atoms with Crippen molar-refractivity contribution < 1.29 is 15.0 Å². The van der Waals surface area contributed by atoms with Crippen molar-refractivity contribution >= 4 is 5.91 Å². The third kappa shape index (κ3) is 4.26. The number of nitrogens with one attached hydrogen (secondary N) is 1. The van der Waals surface area contributed by atoms with E-state index in [4.69, 9.17) is 5.11 Å². The van der Waals surface area contributed by atoms with Gasteiger partial charge in [-0.15, -0.1) is 0 Å². The fourth-order valence-electron chi connectivity index (χ4n) is 2.42. The van der Waals surface area contributed by atoms with E-state index in [1.165, 1.54) is 0 Å². The molecule has 100 valence electrons. The van der Waals surface area contributed by atoms with Crippen molar-refractivity contribution in [3.63, 3.8) is 0 Å². The van der Waals surface area contributed by atoms with Crippen LogP contribution in [0.15, 0.2) is 0 Å². The van der Waals surface area contributed by atoms with Crippen LogP contribution in [0.2, 0.25) is 0 Å². The fourth-order valence-corrected chi connectivity index (χ4v) is 2.42. The predicted molar refractivity (Wildman–Crippen MR) is 65.5 cm³/mol. The maximum atomic E-state index is 11.4. The van der Waals surface area contributed by atoms with Crippen LogP contribution in [0.4, 0.5) is 0 Å². The van der Waals surface area contributed by atoms with Crippen LogP contribution in [0.5, 0.6) is 0 Å². The van der Waals surface area contributed by atoms with Crippen LogP contribution in [0.3, 0.4) is 0 Å². The zero-order valence-electron chi connectivity index (χ0n) is 10.7. The van der Waals surface area contributed by atoms with Crippen LogP contribution in [-0.2, 0) is 4.79 Å². The van der Waals surface area contributed by atoms with Crippen molar-refractivity contribution in [2.45, 2.75) is 38.8 Å². The quantitative estimate of drug-likeness (QED) is 0.614. The monoisotopic (exact) mass is 244 g/mol. The van der Waals surface area contributed by atoms with Gasteiger partial charge in [-0.1, -0.05) is 6.92 Å². The molecule has 0 aromatic carbocycles. The molecule has 1 rings (SSSR count). The Labute approximate surface area is 103 Å². The SMILES string of the molecule is CCC(O)C1CC(NCCO)CN(C(C)=O)C1. The molecule has 1 heterocycles. The Morgan fingerprint density at radius 1 is 1.53 bits per heavy atom. The van der Waals surface area contributed by atoms with Crippen LogP contribution in [0.1, 0.15) is 26.7 Å². The van der Waals surface area contributed by atoms with E-state index in [1.807, 2.05) is 6.92 Å². The van der Waals surface area contributed by atoms with E-state index in [1.54, 1.807) is 11.8 Å². The summed E-state index contributed by atoms with van der Waals surface area (Å²) in [5.41, 5.74) is 0. The Morgan fingerprint density at radius 3 is 2.76 bits per heavy atom. The Kier molecular flexibility index (Phi) is 5.88. The molecule has 1 amide bonds. The highest BCUT2D eigenvalue weighted by Crippen LogP contribution is 2.22. The first kappa shape index (κ1) is 14.4. The normalized spacial score (nSPS) is 26.9. The molecule has 0 aromatic rings. The largest absolute Gasteiger partial charge is 0.395 e. The average Bonchev–Trinajstić information content (AvgIpc) is 2.34. The summed E-state index contributed by atoms with van der Waals surface area (Å²) >= 11 is 0. The van der Waals surface area contributed by atoms with E-state index in [2.05, 4.69) is 5.32 Å². The third-order valence-electron chi connectivity index (χ3n) is 3.44. The summed E-state index contributed by atoms with van der Waals surface area (Å²) < 4.78 is 0. The molecule has 0 spiro atoms. The number of rotatable bonds is 5. The van der Waals surface area contributed by atoms with Crippen LogP contribution in [-0.4, -0.2) is 59.4 Å². The highest BCUT2D eigenvalue weighted by Gasteiger charge is 2.31. The van der Waals surface area contributed by atoms with Crippen LogP contribution >= 0.6 is 0 Å². The molecule has 3 N–H and O–H groups in total. The molecule has 0 aliphatic carbocycles. The number of hydrogen-bond donors (Lipinski definition) is 3. The number of aliphatic hydroxyl groups excluding tert-OH is 2. The molecule has 1 aliphatic rings. The molecule has 5 nitrogen and oxygen atoms in total. The van der Waals surface area contributed by atoms with Crippen molar-refractivity contribution in [3.8, 4) is 0 Å². The molecule has 1 aliphatic heterocycles.